The fourth-order valence-corrected chi connectivity index (χ4v) is 3.91. The largest absolute Gasteiger partial charge is 0.394 e. The number of thioether (sulfide) groups is 1. The zero-order valence-electron chi connectivity index (χ0n) is 13.6. The van der Waals surface area contributed by atoms with Crippen molar-refractivity contribution in [1.29, 1.82) is 0 Å². The third-order valence-electron chi connectivity index (χ3n) is 4.06. The molecule has 1 amide bonds. The van der Waals surface area contributed by atoms with Gasteiger partial charge in [-0.05, 0) is 12.1 Å². The van der Waals surface area contributed by atoms with E-state index in [1.165, 1.54) is 18.7 Å². The number of nitrogens with zero attached hydrogens (tertiary/aromatic N) is 1. The second-order valence-corrected chi connectivity index (χ2v) is 7.01. The number of nitrogens with one attached hydrogen (secondary N) is 1. The second-order valence-electron chi connectivity index (χ2n) is 5.89. The molecule has 1 aliphatic rings. The fraction of sp³-hybridized carbons (Fsp3) is 0.412. The van der Waals surface area contributed by atoms with E-state index < -0.39 is 36.4 Å². The minimum absolute atomic E-state index is 0.348. The zero-order valence-corrected chi connectivity index (χ0v) is 14.4. The highest BCUT2D eigenvalue weighted by Gasteiger charge is 2.45. The van der Waals surface area contributed by atoms with Crippen molar-refractivity contribution >= 4 is 28.6 Å². The second kappa shape index (κ2) is 7.67. The van der Waals surface area contributed by atoms with Crippen molar-refractivity contribution in [3.8, 4) is 0 Å². The van der Waals surface area contributed by atoms with Gasteiger partial charge in [-0.2, -0.15) is 0 Å². The number of amides is 1. The highest BCUT2D eigenvalue weighted by molar-refractivity contribution is 7.99. The lowest BCUT2D eigenvalue weighted by atomic mass is 9.98. The van der Waals surface area contributed by atoms with Crippen LogP contribution >= 0.6 is 11.8 Å². The minimum Gasteiger partial charge on any atom is -0.394 e. The number of para-hydroxylation sites is 1. The molecule has 25 heavy (non-hydrogen) atoms. The number of carbonyl (C=O) groups excluding carboxylic acids is 1. The summed E-state index contributed by atoms with van der Waals surface area (Å²) < 4.78 is 5.70. The van der Waals surface area contributed by atoms with Gasteiger partial charge in [-0.15, -0.1) is 0 Å². The van der Waals surface area contributed by atoms with Crippen molar-refractivity contribution in [3.05, 3.63) is 36.4 Å². The summed E-state index contributed by atoms with van der Waals surface area (Å²) in [6.45, 7) is 0.889. The Bertz CT molecular complexity index is 759. The topological polar surface area (TPSA) is 112 Å². The fourth-order valence-electron chi connectivity index (χ4n) is 2.80. The molecule has 0 aliphatic carbocycles. The molecular formula is C17H20N2O5S. The van der Waals surface area contributed by atoms with Crippen LogP contribution in [-0.2, 0) is 9.53 Å². The number of aliphatic hydroxyl groups is 3. The first-order valence-electron chi connectivity index (χ1n) is 7.91. The lowest BCUT2D eigenvalue weighted by molar-refractivity contribution is -0.173. The molecule has 2 aromatic rings. The number of hydrogen-bond acceptors (Lipinski definition) is 7. The Morgan fingerprint density at radius 3 is 2.72 bits per heavy atom. The molecule has 134 valence electrons. The molecule has 1 saturated heterocycles. The molecule has 2 heterocycles. The van der Waals surface area contributed by atoms with Gasteiger partial charge in [0.1, 0.15) is 23.7 Å². The third-order valence-corrected chi connectivity index (χ3v) is 5.17. The maximum absolute atomic E-state index is 11.5. The molecule has 7 nitrogen and oxygen atoms in total. The Morgan fingerprint density at radius 1 is 1.24 bits per heavy atom. The standard InChI is InChI=1S/C17H20N2O5S/c1-9(21)18-14-16(23)15(22)12(8-20)24-17(14)25-13-7-6-10-4-2-3-5-11(10)19-13/h2-7,12,14-17,20,22-23H,8H2,1H3,(H,18,21)/t12-,14-,15-,16-,17+/m1/s1. The number of fused-ring (bicyclic) bond motifs is 1. The average Bonchev–Trinajstić information content (AvgIpc) is 2.61. The average molecular weight is 364 g/mol. The van der Waals surface area contributed by atoms with E-state index in [0.29, 0.717) is 5.03 Å². The first-order chi connectivity index (χ1) is 12.0. The highest BCUT2D eigenvalue weighted by atomic mass is 32.2. The number of carbonyl (C=O) groups is 1. The van der Waals surface area contributed by atoms with E-state index in [1.807, 2.05) is 36.4 Å². The van der Waals surface area contributed by atoms with Gasteiger partial charge in [0.2, 0.25) is 5.91 Å². The van der Waals surface area contributed by atoms with Crippen LogP contribution in [0.1, 0.15) is 6.92 Å². The Hall–Kier alpha value is -1.71. The van der Waals surface area contributed by atoms with Gasteiger partial charge in [-0.25, -0.2) is 4.98 Å². The molecule has 0 radical (unpaired) electrons. The van der Waals surface area contributed by atoms with Gasteiger partial charge in [0.25, 0.3) is 0 Å². The van der Waals surface area contributed by atoms with E-state index in [2.05, 4.69) is 10.3 Å². The van der Waals surface area contributed by atoms with E-state index in [0.717, 1.165) is 10.9 Å². The van der Waals surface area contributed by atoms with E-state index in [9.17, 15) is 20.1 Å². The summed E-state index contributed by atoms with van der Waals surface area (Å²) in [4.78, 5) is 16.0. The van der Waals surface area contributed by atoms with Crippen molar-refractivity contribution < 1.29 is 24.9 Å². The van der Waals surface area contributed by atoms with Crippen molar-refractivity contribution in [3.63, 3.8) is 0 Å². The van der Waals surface area contributed by atoms with Crippen LogP contribution in [0.3, 0.4) is 0 Å². The quantitative estimate of drug-likeness (QED) is 0.616. The molecule has 3 rings (SSSR count). The first kappa shape index (κ1) is 18.1. The molecular weight excluding hydrogens is 344 g/mol. The third kappa shape index (κ3) is 3.94. The van der Waals surface area contributed by atoms with Crippen LogP contribution in [0.5, 0.6) is 0 Å². The van der Waals surface area contributed by atoms with Crippen molar-refractivity contribution in [1.82, 2.24) is 10.3 Å². The van der Waals surface area contributed by atoms with E-state index >= 15 is 0 Å². The Balaban J connectivity index is 1.86. The molecule has 1 fully saturated rings. The Morgan fingerprint density at radius 2 is 2.00 bits per heavy atom. The summed E-state index contributed by atoms with van der Waals surface area (Å²) in [5, 5.41) is 34.0. The summed E-state index contributed by atoms with van der Waals surface area (Å²) >= 11 is 1.22. The van der Waals surface area contributed by atoms with E-state index in [4.69, 9.17) is 4.74 Å². The van der Waals surface area contributed by atoms with Crippen molar-refractivity contribution in [2.75, 3.05) is 6.61 Å². The molecule has 8 heteroatoms. The van der Waals surface area contributed by atoms with Gasteiger partial charge in [0.05, 0.1) is 23.2 Å². The molecule has 4 N–H and O–H groups in total. The molecule has 1 aromatic heterocycles. The molecule has 1 aromatic carbocycles. The van der Waals surface area contributed by atoms with Crippen LogP contribution in [0, 0.1) is 0 Å². The van der Waals surface area contributed by atoms with E-state index in [-0.39, 0.29) is 5.91 Å². The van der Waals surface area contributed by atoms with Crippen LogP contribution in [-0.4, -0.2) is 62.6 Å². The summed E-state index contributed by atoms with van der Waals surface area (Å²) in [7, 11) is 0. The summed E-state index contributed by atoms with van der Waals surface area (Å²) in [6.07, 6.45) is -3.48. The van der Waals surface area contributed by atoms with Gasteiger partial charge >= 0.3 is 0 Å². The number of hydrogen-bond donors (Lipinski definition) is 4. The minimum atomic E-state index is -1.29. The smallest absolute Gasteiger partial charge is 0.217 e. The summed E-state index contributed by atoms with van der Waals surface area (Å²) in [5.74, 6) is -0.348. The van der Waals surface area contributed by atoms with Crippen LogP contribution in [0.15, 0.2) is 41.4 Å². The maximum Gasteiger partial charge on any atom is 0.217 e. The number of benzene rings is 1. The normalized spacial score (nSPS) is 29.5. The predicted molar refractivity (Wildman–Crippen MR) is 93.0 cm³/mol. The maximum atomic E-state index is 11.5. The summed E-state index contributed by atoms with van der Waals surface area (Å²) in [5.41, 5.74) is 0.117. The van der Waals surface area contributed by atoms with Gasteiger partial charge < -0.3 is 25.4 Å². The van der Waals surface area contributed by atoms with Crippen LogP contribution in [0.2, 0.25) is 0 Å². The highest BCUT2D eigenvalue weighted by Crippen LogP contribution is 2.33. The molecule has 0 saturated carbocycles. The Kier molecular flexibility index (Phi) is 5.55. The lowest BCUT2D eigenvalue weighted by Crippen LogP contribution is -2.63. The monoisotopic (exact) mass is 364 g/mol. The lowest BCUT2D eigenvalue weighted by Gasteiger charge is -2.42. The van der Waals surface area contributed by atoms with Crippen molar-refractivity contribution in [2.24, 2.45) is 0 Å². The molecule has 0 unspecified atom stereocenters. The number of pyridine rings is 1. The van der Waals surface area contributed by atoms with Gasteiger partial charge in [-0.3, -0.25) is 4.79 Å². The van der Waals surface area contributed by atoms with Crippen LogP contribution in [0.25, 0.3) is 10.9 Å². The number of aliphatic hydroxyl groups excluding tert-OH is 3. The zero-order chi connectivity index (χ0) is 18.0. The SMILES string of the molecule is CC(=O)N[C@@H]1[C@@H](O)[C@H](O)[C@@H](CO)O[C@H]1Sc1ccc2ccccc2n1. The molecule has 0 bridgehead atoms. The number of ether oxygens (including phenoxy) is 1. The number of rotatable bonds is 4. The van der Waals surface area contributed by atoms with Crippen molar-refractivity contribution in [2.45, 2.75) is 41.7 Å². The molecule has 5 atom stereocenters. The van der Waals surface area contributed by atoms with Crippen LogP contribution in [0.4, 0.5) is 0 Å². The van der Waals surface area contributed by atoms with E-state index in [1.54, 1.807) is 0 Å². The van der Waals surface area contributed by atoms with Gasteiger partial charge in [0, 0.05) is 12.3 Å². The van der Waals surface area contributed by atoms with Crippen LogP contribution < -0.4 is 5.32 Å². The Labute approximate surface area is 149 Å². The predicted octanol–water partition coefficient (Wildman–Crippen LogP) is 0.271. The molecule has 0 spiro atoms. The van der Waals surface area contributed by atoms with Gasteiger partial charge in [-0.1, -0.05) is 36.0 Å². The van der Waals surface area contributed by atoms with Gasteiger partial charge in [0.15, 0.2) is 0 Å². The number of aromatic nitrogens is 1. The summed E-state index contributed by atoms with van der Waals surface area (Å²) in [6, 6.07) is 10.6. The molecule has 1 aliphatic heterocycles. The first-order valence-corrected chi connectivity index (χ1v) is 8.79.